The van der Waals surface area contributed by atoms with E-state index in [9.17, 15) is 5.41 Å². The first-order chi connectivity index (χ1) is 13.1. The van der Waals surface area contributed by atoms with E-state index in [0.29, 0.717) is 11.8 Å². The van der Waals surface area contributed by atoms with Gasteiger partial charge in [-0.2, -0.15) is 0 Å². The molecule has 0 radical (unpaired) electrons. The van der Waals surface area contributed by atoms with Crippen LogP contribution in [-0.4, -0.2) is 30.7 Å². The van der Waals surface area contributed by atoms with Crippen molar-refractivity contribution < 1.29 is 0 Å². The van der Waals surface area contributed by atoms with Crippen molar-refractivity contribution in [1.82, 2.24) is 4.90 Å². The molecule has 0 aromatic heterocycles. The van der Waals surface area contributed by atoms with Crippen LogP contribution in [0.1, 0.15) is 30.0 Å². The molecule has 0 amide bonds. The van der Waals surface area contributed by atoms with Gasteiger partial charge in [-0.15, -0.1) is 12.4 Å². The van der Waals surface area contributed by atoms with Crippen LogP contribution in [0.4, 0.5) is 0 Å². The van der Waals surface area contributed by atoms with Gasteiger partial charge in [0, 0.05) is 6.04 Å². The van der Waals surface area contributed by atoms with Crippen molar-refractivity contribution in [2.24, 2.45) is 0 Å². The van der Waals surface area contributed by atoms with Crippen LogP contribution in [0.15, 0.2) is 91.0 Å². The Bertz CT molecular complexity index is 821. The van der Waals surface area contributed by atoms with Crippen LogP contribution in [-0.2, 0) is 5.41 Å². The molecule has 3 rings (SSSR count). The van der Waals surface area contributed by atoms with E-state index >= 15 is 0 Å². The van der Waals surface area contributed by atoms with Gasteiger partial charge in [-0.3, -0.25) is 0 Å². The fraction of sp³-hybridized carbons (Fsp3) is 0.240. The Balaban J connectivity index is 0.00000280. The Morgan fingerprint density at radius 2 is 1.18 bits per heavy atom. The van der Waals surface area contributed by atoms with Crippen molar-refractivity contribution in [3.8, 4) is 0 Å². The van der Waals surface area contributed by atoms with Gasteiger partial charge in [0.1, 0.15) is 0 Å². The average Bonchev–Trinajstić information content (AvgIpc) is 2.73. The van der Waals surface area contributed by atoms with Gasteiger partial charge in [0.25, 0.3) is 0 Å². The van der Waals surface area contributed by atoms with E-state index in [1.165, 1.54) is 11.1 Å². The standard InChI is InChI=1S/C25H28N2.ClH/c1-20(27(2)3)19-25(22-15-9-5-10-16-22,23-17-11-6-12-18-23)24(26)21-13-7-4-8-14-21;/h4-18,20,26H,19H2,1-3H3;1H. The largest absolute Gasteiger partial charge is 0.307 e. The number of nitrogens with one attached hydrogen (secondary N) is 1. The summed E-state index contributed by atoms with van der Waals surface area (Å²) in [7, 11) is 4.22. The molecule has 3 aromatic rings. The Labute approximate surface area is 175 Å². The molecule has 146 valence electrons. The summed E-state index contributed by atoms with van der Waals surface area (Å²) in [6.45, 7) is 2.24. The Morgan fingerprint density at radius 1 is 0.786 bits per heavy atom. The highest BCUT2D eigenvalue weighted by Crippen LogP contribution is 2.40. The van der Waals surface area contributed by atoms with Crippen molar-refractivity contribution in [1.29, 1.82) is 5.41 Å². The van der Waals surface area contributed by atoms with Gasteiger partial charge in [-0.1, -0.05) is 91.0 Å². The smallest absolute Gasteiger partial charge is 0.0637 e. The minimum atomic E-state index is -0.506. The number of rotatable bonds is 7. The SMILES string of the molecule is CC(CC(C(=N)c1ccccc1)(c1ccccc1)c1ccccc1)N(C)C.Cl. The Hall–Kier alpha value is -2.42. The molecule has 3 heteroatoms. The predicted octanol–water partition coefficient (Wildman–Crippen LogP) is 5.80. The second-order valence-electron chi connectivity index (χ2n) is 7.40. The van der Waals surface area contributed by atoms with Crippen LogP contribution in [0.2, 0.25) is 0 Å². The maximum atomic E-state index is 9.33. The third kappa shape index (κ3) is 4.35. The highest BCUT2D eigenvalue weighted by molar-refractivity contribution is 6.08. The zero-order valence-electron chi connectivity index (χ0n) is 16.8. The van der Waals surface area contributed by atoms with E-state index < -0.39 is 5.41 Å². The molecule has 0 saturated heterocycles. The molecule has 1 atom stereocenters. The fourth-order valence-corrected chi connectivity index (χ4v) is 3.72. The summed E-state index contributed by atoms with van der Waals surface area (Å²) in [5, 5.41) is 9.33. The summed E-state index contributed by atoms with van der Waals surface area (Å²) in [6, 6.07) is 31.5. The minimum absolute atomic E-state index is 0. The number of hydrogen-bond acceptors (Lipinski definition) is 2. The van der Waals surface area contributed by atoms with Crippen LogP contribution < -0.4 is 0 Å². The van der Waals surface area contributed by atoms with Gasteiger partial charge in [0.2, 0.25) is 0 Å². The van der Waals surface area contributed by atoms with Gasteiger partial charge < -0.3 is 10.3 Å². The van der Waals surface area contributed by atoms with Crippen molar-refractivity contribution in [2.45, 2.75) is 24.8 Å². The lowest BCUT2D eigenvalue weighted by atomic mass is 9.65. The lowest BCUT2D eigenvalue weighted by Gasteiger charge is -2.39. The Morgan fingerprint density at radius 3 is 1.57 bits per heavy atom. The second kappa shape index (κ2) is 9.68. The van der Waals surface area contributed by atoms with Crippen molar-refractivity contribution in [2.75, 3.05) is 14.1 Å². The maximum Gasteiger partial charge on any atom is 0.0637 e. The topological polar surface area (TPSA) is 27.1 Å². The predicted molar refractivity (Wildman–Crippen MR) is 122 cm³/mol. The summed E-state index contributed by atoms with van der Waals surface area (Å²) in [5.74, 6) is 0. The second-order valence-corrected chi connectivity index (χ2v) is 7.40. The third-order valence-corrected chi connectivity index (χ3v) is 5.51. The average molecular weight is 393 g/mol. The first-order valence-electron chi connectivity index (χ1n) is 9.47. The molecular weight excluding hydrogens is 364 g/mol. The number of nitrogens with zero attached hydrogens (tertiary/aromatic N) is 1. The lowest BCUT2D eigenvalue weighted by Crippen LogP contribution is -2.43. The zero-order valence-corrected chi connectivity index (χ0v) is 17.6. The molecule has 3 aromatic carbocycles. The van der Waals surface area contributed by atoms with Crippen LogP contribution in [0.5, 0.6) is 0 Å². The number of halogens is 1. The van der Waals surface area contributed by atoms with E-state index in [1.54, 1.807) is 0 Å². The van der Waals surface area contributed by atoms with Crippen LogP contribution in [0.25, 0.3) is 0 Å². The van der Waals surface area contributed by atoms with Gasteiger partial charge in [-0.05, 0) is 44.1 Å². The molecule has 0 aliphatic heterocycles. The molecule has 0 saturated carbocycles. The van der Waals surface area contributed by atoms with E-state index in [4.69, 9.17) is 0 Å². The van der Waals surface area contributed by atoms with E-state index in [-0.39, 0.29) is 12.4 Å². The van der Waals surface area contributed by atoms with Gasteiger partial charge in [-0.25, -0.2) is 0 Å². The highest BCUT2D eigenvalue weighted by Gasteiger charge is 2.40. The highest BCUT2D eigenvalue weighted by atomic mass is 35.5. The van der Waals surface area contributed by atoms with E-state index in [0.717, 1.165) is 12.0 Å². The monoisotopic (exact) mass is 392 g/mol. The molecular formula is C25H29ClN2. The van der Waals surface area contributed by atoms with Crippen LogP contribution in [0.3, 0.4) is 0 Å². The molecule has 1 unspecified atom stereocenters. The molecule has 0 aliphatic carbocycles. The normalized spacial score (nSPS) is 12.3. The molecule has 28 heavy (non-hydrogen) atoms. The quantitative estimate of drug-likeness (QED) is 0.505. The summed E-state index contributed by atoms with van der Waals surface area (Å²) < 4.78 is 0. The minimum Gasteiger partial charge on any atom is -0.307 e. The molecule has 2 nitrogen and oxygen atoms in total. The number of benzene rings is 3. The first kappa shape index (κ1) is 21.9. The van der Waals surface area contributed by atoms with Crippen LogP contribution >= 0.6 is 12.4 Å². The number of hydrogen-bond donors (Lipinski definition) is 1. The molecule has 0 aliphatic rings. The van der Waals surface area contributed by atoms with Crippen LogP contribution in [0, 0.1) is 5.41 Å². The molecule has 0 spiro atoms. The molecule has 1 N–H and O–H groups in total. The first-order valence-corrected chi connectivity index (χ1v) is 9.47. The molecule has 0 heterocycles. The van der Waals surface area contributed by atoms with Crippen molar-refractivity contribution >= 4 is 18.1 Å². The lowest BCUT2D eigenvalue weighted by molar-refractivity contribution is 0.278. The van der Waals surface area contributed by atoms with Gasteiger partial charge >= 0.3 is 0 Å². The maximum absolute atomic E-state index is 9.33. The van der Waals surface area contributed by atoms with Gasteiger partial charge in [0.15, 0.2) is 0 Å². The summed E-state index contributed by atoms with van der Waals surface area (Å²) in [4.78, 5) is 2.24. The third-order valence-electron chi connectivity index (χ3n) is 5.51. The molecule has 0 bridgehead atoms. The summed E-state index contributed by atoms with van der Waals surface area (Å²) in [5.41, 5.74) is 3.44. The summed E-state index contributed by atoms with van der Waals surface area (Å²) in [6.07, 6.45) is 0.835. The molecule has 0 fully saturated rings. The van der Waals surface area contributed by atoms with E-state index in [2.05, 4.69) is 74.4 Å². The summed E-state index contributed by atoms with van der Waals surface area (Å²) >= 11 is 0. The van der Waals surface area contributed by atoms with E-state index in [1.807, 2.05) is 42.5 Å². The van der Waals surface area contributed by atoms with Crippen molar-refractivity contribution in [3.05, 3.63) is 108 Å². The zero-order chi connectivity index (χ0) is 19.3. The Kier molecular flexibility index (Phi) is 7.56. The van der Waals surface area contributed by atoms with Crippen molar-refractivity contribution in [3.63, 3.8) is 0 Å². The fourth-order valence-electron chi connectivity index (χ4n) is 3.72. The van der Waals surface area contributed by atoms with Gasteiger partial charge in [0.05, 0.1) is 11.1 Å².